The van der Waals surface area contributed by atoms with Crippen LogP contribution in [0.25, 0.3) is 33.6 Å². The van der Waals surface area contributed by atoms with Crippen LogP contribution in [0.5, 0.6) is 5.75 Å². The molecule has 12 heteroatoms. The van der Waals surface area contributed by atoms with Gasteiger partial charge in [-0.05, 0) is 90.5 Å². The third-order valence-electron chi connectivity index (χ3n) is 8.85. The van der Waals surface area contributed by atoms with E-state index in [9.17, 15) is 9.90 Å². The number of furan rings is 1. The average molecular weight is 826 g/mol. The van der Waals surface area contributed by atoms with Gasteiger partial charge >= 0.3 is 49.6 Å². The summed E-state index contributed by atoms with van der Waals surface area (Å²) in [6.07, 6.45) is 18.4. The summed E-state index contributed by atoms with van der Waals surface area (Å²) in [4.78, 5) is 27.8. The van der Waals surface area contributed by atoms with Gasteiger partial charge in [0.15, 0.2) is 5.58 Å². The van der Waals surface area contributed by atoms with E-state index in [0.717, 1.165) is 72.3 Å². The second-order valence-corrected chi connectivity index (χ2v) is 30.5. The Hall–Kier alpha value is -2.52. The van der Waals surface area contributed by atoms with Gasteiger partial charge in [-0.1, -0.05) is 48.0 Å². The Morgan fingerprint density at radius 2 is 1.19 bits per heavy atom. The van der Waals surface area contributed by atoms with E-state index in [1.165, 1.54) is 42.1 Å². The molecule has 0 atom stereocenters. The van der Waals surface area contributed by atoms with E-state index in [-0.39, 0.29) is 18.0 Å². The molecule has 52 heavy (non-hydrogen) atoms. The van der Waals surface area contributed by atoms with Gasteiger partial charge in [-0.15, -0.1) is 0 Å². The summed E-state index contributed by atoms with van der Waals surface area (Å²) in [5, 5.41) is 9.76. The molecule has 5 aromatic rings. The Labute approximate surface area is 328 Å². The third kappa shape index (κ3) is 12.8. The Morgan fingerprint density at radius 1 is 0.692 bits per heavy atom. The summed E-state index contributed by atoms with van der Waals surface area (Å²) in [6, 6.07) is 12.1. The quantitative estimate of drug-likeness (QED) is 0.177. The van der Waals surface area contributed by atoms with E-state index in [4.69, 9.17) is 41.6 Å². The van der Waals surface area contributed by atoms with Gasteiger partial charge in [0.1, 0.15) is 22.8 Å². The zero-order valence-electron chi connectivity index (χ0n) is 30.8. The van der Waals surface area contributed by atoms with Crippen molar-refractivity contribution in [2.45, 2.75) is 110 Å². The fourth-order valence-electron chi connectivity index (χ4n) is 5.97. The molecule has 280 valence electrons. The van der Waals surface area contributed by atoms with E-state index < -0.39 is 12.3 Å². The van der Waals surface area contributed by atoms with Crippen molar-refractivity contribution in [1.82, 2.24) is 19.9 Å². The molecule has 0 bridgehead atoms. The van der Waals surface area contributed by atoms with Crippen LogP contribution >= 0.6 is 37.2 Å². The summed E-state index contributed by atoms with van der Waals surface area (Å²) < 4.78 is 6.20. The Bertz CT molecular complexity index is 1940. The molecular formula is C40H50Cl4N4O3Ti. The van der Waals surface area contributed by atoms with Crippen LogP contribution in [-0.4, -0.2) is 30.8 Å². The van der Waals surface area contributed by atoms with Gasteiger partial charge in [0, 0.05) is 62.2 Å². The van der Waals surface area contributed by atoms with E-state index in [0.29, 0.717) is 11.3 Å². The number of aromatic hydroxyl groups is 1. The standard InChI is InChI=1S/C20H22N2O.C14H16N2O.C6H10O.4ClH.Ti.H2/c1-20(2,3)13-8-10-21-16(12-13)14-9-11-22-18-15-6-4-5-7-17(15)23-19(14)18;1-14(2,3)10-4-7-16-12(8-10)11-5-6-15-9-13(11)17;7-6-4-2-1-3-5-6;;;;;;/h8-12H,4-7H2,1-3H3;4-9,17H,1-3H3;1-5H2;4*1H;;1H/q;;;;;;;+4;/p-4/i;;;;;;;;1+1. The number of halogens is 4. The summed E-state index contributed by atoms with van der Waals surface area (Å²) >= 11 is -3.11. The molecule has 0 spiro atoms. The van der Waals surface area contributed by atoms with E-state index in [2.05, 4.69) is 73.6 Å². The number of pyridine rings is 4. The summed E-state index contributed by atoms with van der Waals surface area (Å²) in [6.45, 7) is 13.1. The molecule has 0 aliphatic heterocycles. The molecule has 2 aliphatic carbocycles. The molecule has 0 amide bonds. The van der Waals surface area contributed by atoms with Crippen LogP contribution in [0.1, 0.15) is 110 Å². The predicted octanol–water partition coefficient (Wildman–Crippen LogP) is 12.7. The van der Waals surface area contributed by atoms with Crippen molar-refractivity contribution in [2.75, 3.05) is 0 Å². The van der Waals surface area contributed by atoms with Gasteiger partial charge in [-0.25, -0.2) is 0 Å². The van der Waals surface area contributed by atoms with Crippen molar-refractivity contribution in [3.05, 3.63) is 89.8 Å². The van der Waals surface area contributed by atoms with Crippen LogP contribution in [0.15, 0.2) is 71.8 Å². The second kappa shape index (κ2) is 18.7. The summed E-state index contributed by atoms with van der Waals surface area (Å²) in [5.41, 5.74) is 9.39. The van der Waals surface area contributed by atoms with Crippen LogP contribution < -0.4 is 0 Å². The normalized spacial score (nSPS) is 14.5. The number of carbonyl (C=O) groups is 1. The van der Waals surface area contributed by atoms with Gasteiger partial charge in [-0.3, -0.25) is 24.7 Å². The topological polar surface area (TPSA) is 102 Å². The molecule has 1 fully saturated rings. The SMILES string of the molecule is CC(C)(C)c1ccnc(-c2ccnc3c4c(oc23)CCCC4)c1.CC(C)(C)c1ccnc(-c2ccncc2O)c1.O=C1CCCCC1.[2HH].[Cl][Ti]([Cl])([Cl])[Cl]. The molecule has 1 saturated carbocycles. The number of carbonyl (C=O) groups excluding carboxylic acids is 1. The number of hydrogen-bond donors (Lipinski definition) is 1. The van der Waals surface area contributed by atoms with Gasteiger partial charge in [0.2, 0.25) is 0 Å². The van der Waals surface area contributed by atoms with Gasteiger partial charge in [0.25, 0.3) is 0 Å². The number of hydrogen-bond acceptors (Lipinski definition) is 7. The van der Waals surface area contributed by atoms with E-state index in [1.54, 1.807) is 18.5 Å². The summed E-state index contributed by atoms with van der Waals surface area (Å²) in [7, 11) is 20.1. The predicted molar refractivity (Wildman–Crippen MR) is 214 cm³/mol. The van der Waals surface area contributed by atoms with Crippen LogP contribution in [0, 0.1) is 0 Å². The number of Topliss-reactive ketones (excluding diaryl/α,β-unsaturated/α-hetero) is 1. The monoisotopic (exact) mass is 823 g/mol. The first kappa shape index (κ1) is 42.2. The number of fused-ring (bicyclic) bond motifs is 3. The zero-order chi connectivity index (χ0) is 38.1. The van der Waals surface area contributed by atoms with Gasteiger partial charge in [0.05, 0.1) is 17.6 Å². The second-order valence-electron chi connectivity index (χ2n) is 15.0. The first-order valence-corrected chi connectivity index (χ1v) is 26.2. The molecular weight excluding hydrogens is 774 g/mol. The molecule has 5 heterocycles. The van der Waals surface area contributed by atoms with E-state index >= 15 is 0 Å². The molecule has 0 unspecified atom stereocenters. The van der Waals surface area contributed by atoms with Crippen LogP contribution in [0.2, 0.25) is 0 Å². The number of nitrogens with zero attached hydrogens (tertiary/aromatic N) is 4. The number of rotatable bonds is 2. The minimum atomic E-state index is -3.11. The van der Waals surface area contributed by atoms with Crippen LogP contribution in [-0.2, 0) is 40.8 Å². The number of ketones is 1. The zero-order valence-corrected chi connectivity index (χ0v) is 35.4. The minimum absolute atomic E-state index is 0. The Kier molecular flexibility index (Phi) is 15.2. The van der Waals surface area contributed by atoms with Gasteiger partial charge in [-0.2, -0.15) is 0 Å². The third-order valence-corrected chi connectivity index (χ3v) is 8.85. The number of aromatic nitrogens is 4. The van der Waals surface area contributed by atoms with Crippen molar-refractivity contribution in [3.8, 4) is 28.3 Å². The van der Waals surface area contributed by atoms with Crippen LogP contribution in [0.4, 0.5) is 0 Å². The molecule has 5 aromatic heterocycles. The maximum atomic E-state index is 10.5. The summed E-state index contributed by atoms with van der Waals surface area (Å²) in [5.74, 6) is 1.75. The first-order valence-electron chi connectivity index (χ1n) is 17.6. The number of aryl methyl sites for hydroxylation is 2. The van der Waals surface area contributed by atoms with Crippen molar-refractivity contribution in [3.63, 3.8) is 0 Å². The van der Waals surface area contributed by atoms with Crippen molar-refractivity contribution in [1.29, 1.82) is 0 Å². The molecule has 1 N–H and O–H groups in total. The Morgan fingerprint density at radius 3 is 1.71 bits per heavy atom. The molecule has 7 rings (SSSR count). The van der Waals surface area contributed by atoms with Crippen LogP contribution in [0.3, 0.4) is 0 Å². The molecule has 7 nitrogen and oxygen atoms in total. The molecule has 0 aromatic carbocycles. The molecule has 0 radical (unpaired) electrons. The van der Waals surface area contributed by atoms with Gasteiger partial charge < -0.3 is 9.52 Å². The molecule has 0 saturated heterocycles. The van der Waals surface area contributed by atoms with Crippen molar-refractivity contribution < 1.29 is 28.1 Å². The maximum absolute atomic E-state index is 10.5. The first-order chi connectivity index (χ1) is 24.4. The van der Waals surface area contributed by atoms with E-state index in [1.807, 2.05) is 30.6 Å². The fraction of sp³-hybridized carbons (Fsp3) is 0.425. The fourth-order valence-corrected chi connectivity index (χ4v) is 5.97. The molecule has 2 aliphatic rings. The van der Waals surface area contributed by atoms with Crippen molar-refractivity contribution >= 4 is 54.1 Å². The van der Waals surface area contributed by atoms with Crippen molar-refractivity contribution in [2.24, 2.45) is 0 Å². The average Bonchev–Trinajstić information content (AvgIpc) is 3.47. The Balaban J connectivity index is 0.000000220.